The minimum atomic E-state index is -0.269. The van der Waals surface area contributed by atoms with E-state index in [1.807, 2.05) is 13.0 Å². The zero-order chi connectivity index (χ0) is 15.9. The third kappa shape index (κ3) is 5.48. The molecule has 0 aliphatic carbocycles. The molecule has 6 heteroatoms. The lowest BCUT2D eigenvalue weighted by molar-refractivity contribution is 0.305. The van der Waals surface area contributed by atoms with Gasteiger partial charge in [0, 0.05) is 9.92 Å². The summed E-state index contributed by atoms with van der Waals surface area (Å²) in [6.45, 7) is 2.74. The normalized spacial score (nSPS) is 10.3. The fourth-order valence-corrected chi connectivity index (χ4v) is 3.10. The van der Waals surface area contributed by atoms with Crippen LogP contribution in [0.4, 0.5) is 4.39 Å². The number of hydrogen-bond donors (Lipinski definition) is 0. The molecule has 0 amide bonds. The van der Waals surface area contributed by atoms with E-state index < -0.39 is 0 Å². The van der Waals surface area contributed by atoms with E-state index in [0.717, 1.165) is 10.5 Å². The zero-order valence-corrected chi connectivity index (χ0v) is 14.2. The molecule has 0 N–H and O–H groups in total. The summed E-state index contributed by atoms with van der Waals surface area (Å²) < 4.78 is 24.2. The second kappa shape index (κ2) is 8.36. The number of thioether (sulfide) groups is 1. The molecule has 0 bridgehead atoms. The van der Waals surface area contributed by atoms with Crippen molar-refractivity contribution in [3.05, 3.63) is 58.9 Å². The van der Waals surface area contributed by atoms with Crippen molar-refractivity contribution in [1.82, 2.24) is 0 Å². The molecule has 2 nitrogen and oxygen atoms in total. The van der Waals surface area contributed by atoms with E-state index >= 15 is 0 Å². The molecule has 2 aromatic carbocycles. The molecule has 0 aromatic heterocycles. The van der Waals surface area contributed by atoms with Crippen LogP contribution in [0.1, 0.15) is 12.5 Å². The van der Waals surface area contributed by atoms with Crippen molar-refractivity contribution in [3.63, 3.8) is 0 Å². The molecule has 0 unspecified atom stereocenters. The fourth-order valence-electron chi connectivity index (χ4n) is 1.67. The van der Waals surface area contributed by atoms with Crippen LogP contribution in [-0.2, 0) is 11.3 Å². The lowest BCUT2D eigenvalue weighted by atomic mass is 10.2. The van der Waals surface area contributed by atoms with Crippen molar-refractivity contribution in [2.24, 2.45) is 0 Å². The molecule has 0 spiro atoms. The summed E-state index contributed by atoms with van der Waals surface area (Å²) >= 11 is 12.5. The van der Waals surface area contributed by atoms with Gasteiger partial charge in [-0.1, -0.05) is 23.7 Å². The molecule has 0 aliphatic rings. The van der Waals surface area contributed by atoms with Crippen LogP contribution in [0.25, 0.3) is 0 Å². The molecule has 0 saturated carbocycles. The Bertz CT molecular complexity index is 647. The van der Waals surface area contributed by atoms with Crippen LogP contribution >= 0.6 is 35.6 Å². The molecule has 0 radical (unpaired) electrons. The van der Waals surface area contributed by atoms with Gasteiger partial charge in [-0.3, -0.25) is 0 Å². The van der Waals surface area contributed by atoms with Crippen molar-refractivity contribution < 1.29 is 13.9 Å². The molecule has 0 fully saturated rings. The van der Waals surface area contributed by atoms with E-state index in [0.29, 0.717) is 28.4 Å². The van der Waals surface area contributed by atoms with Gasteiger partial charge >= 0.3 is 0 Å². The average molecular weight is 357 g/mol. The summed E-state index contributed by atoms with van der Waals surface area (Å²) in [5.74, 6) is 0.355. The highest BCUT2D eigenvalue weighted by atomic mass is 35.5. The van der Waals surface area contributed by atoms with Crippen molar-refractivity contribution in [3.8, 4) is 5.75 Å². The second-order valence-electron chi connectivity index (χ2n) is 4.32. The number of halogens is 2. The van der Waals surface area contributed by atoms with E-state index in [-0.39, 0.29) is 5.82 Å². The van der Waals surface area contributed by atoms with Gasteiger partial charge in [0.2, 0.25) is 4.38 Å². The van der Waals surface area contributed by atoms with Gasteiger partial charge in [0.1, 0.15) is 18.2 Å². The first kappa shape index (κ1) is 17.1. The summed E-state index contributed by atoms with van der Waals surface area (Å²) in [6, 6.07) is 11.5. The molecule has 0 aliphatic heterocycles. The first-order chi connectivity index (χ1) is 10.6. The number of hydrogen-bond acceptors (Lipinski definition) is 4. The highest BCUT2D eigenvalue weighted by Crippen LogP contribution is 2.29. The predicted octanol–water partition coefficient (Wildman–Crippen LogP) is 5.47. The van der Waals surface area contributed by atoms with Gasteiger partial charge < -0.3 is 9.47 Å². The summed E-state index contributed by atoms with van der Waals surface area (Å²) in [6.07, 6.45) is 0. The zero-order valence-electron chi connectivity index (χ0n) is 11.8. The van der Waals surface area contributed by atoms with Crippen LogP contribution in [0.5, 0.6) is 5.75 Å². The van der Waals surface area contributed by atoms with Gasteiger partial charge in [0.25, 0.3) is 0 Å². The predicted molar refractivity (Wildman–Crippen MR) is 92.3 cm³/mol. The fraction of sp³-hybridized carbons (Fsp3) is 0.188. The standard InChI is InChI=1S/C16H14ClFO2S2/c1-2-19-16(21)22-15-8-12(17)7-14(9-15)20-10-11-3-5-13(18)6-4-11/h3-9H,2,10H2,1H3. The Morgan fingerprint density at radius 1 is 1.23 bits per heavy atom. The van der Waals surface area contributed by atoms with Crippen molar-refractivity contribution in [2.45, 2.75) is 18.4 Å². The molecule has 116 valence electrons. The first-order valence-electron chi connectivity index (χ1n) is 6.59. The Hall–Kier alpha value is -1.30. The molecular formula is C16H14ClFO2S2. The van der Waals surface area contributed by atoms with E-state index in [1.54, 1.807) is 24.3 Å². The summed E-state index contributed by atoms with van der Waals surface area (Å²) in [5, 5.41) is 0.554. The smallest absolute Gasteiger partial charge is 0.224 e. The van der Waals surface area contributed by atoms with Crippen LogP contribution in [0.2, 0.25) is 5.02 Å². The maximum absolute atomic E-state index is 12.9. The lowest BCUT2D eigenvalue weighted by Crippen LogP contribution is -1.97. The van der Waals surface area contributed by atoms with Gasteiger partial charge in [-0.25, -0.2) is 4.39 Å². The second-order valence-corrected chi connectivity index (χ2v) is 6.43. The molecule has 22 heavy (non-hydrogen) atoms. The Kier molecular flexibility index (Phi) is 6.49. The van der Waals surface area contributed by atoms with E-state index in [2.05, 4.69) is 0 Å². The van der Waals surface area contributed by atoms with Crippen LogP contribution < -0.4 is 4.74 Å². The first-order valence-corrected chi connectivity index (χ1v) is 8.19. The highest BCUT2D eigenvalue weighted by Gasteiger charge is 2.06. The minimum Gasteiger partial charge on any atom is -0.489 e. The quantitative estimate of drug-likeness (QED) is 0.522. The average Bonchev–Trinajstić information content (AvgIpc) is 2.46. The van der Waals surface area contributed by atoms with Gasteiger partial charge in [0.05, 0.1) is 6.61 Å². The SMILES string of the molecule is CCOC(=S)Sc1cc(Cl)cc(OCc2ccc(F)cc2)c1. The molecule has 0 atom stereocenters. The van der Waals surface area contributed by atoms with Crippen LogP contribution in [0.15, 0.2) is 47.4 Å². The number of rotatable bonds is 5. The van der Waals surface area contributed by atoms with E-state index in [9.17, 15) is 4.39 Å². The van der Waals surface area contributed by atoms with Crippen molar-refractivity contribution >= 4 is 40.0 Å². The van der Waals surface area contributed by atoms with Gasteiger partial charge in [-0.2, -0.15) is 0 Å². The van der Waals surface area contributed by atoms with E-state index in [1.165, 1.54) is 23.9 Å². The lowest BCUT2D eigenvalue weighted by Gasteiger charge is -2.10. The number of benzene rings is 2. The van der Waals surface area contributed by atoms with Gasteiger partial charge in [-0.05, 0) is 66.8 Å². The Labute approximate surface area is 143 Å². The third-order valence-corrected chi connectivity index (χ3v) is 3.97. The Morgan fingerprint density at radius 2 is 1.95 bits per heavy atom. The van der Waals surface area contributed by atoms with Crippen LogP contribution in [0.3, 0.4) is 0 Å². The largest absolute Gasteiger partial charge is 0.489 e. The monoisotopic (exact) mass is 356 g/mol. The Morgan fingerprint density at radius 3 is 2.64 bits per heavy atom. The summed E-state index contributed by atoms with van der Waals surface area (Å²) in [5.41, 5.74) is 0.875. The highest BCUT2D eigenvalue weighted by molar-refractivity contribution is 8.22. The third-order valence-electron chi connectivity index (χ3n) is 2.63. The van der Waals surface area contributed by atoms with Crippen LogP contribution in [-0.4, -0.2) is 11.0 Å². The van der Waals surface area contributed by atoms with Gasteiger partial charge in [-0.15, -0.1) is 0 Å². The van der Waals surface area contributed by atoms with Crippen molar-refractivity contribution in [1.29, 1.82) is 0 Å². The molecule has 0 heterocycles. The van der Waals surface area contributed by atoms with Crippen LogP contribution in [0, 0.1) is 5.82 Å². The summed E-state index contributed by atoms with van der Waals surface area (Å²) in [7, 11) is 0. The number of ether oxygens (including phenoxy) is 2. The maximum atomic E-state index is 12.9. The Balaban J connectivity index is 2.02. The maximum Gasteiger partial charge on any atom is 0.224 e. The molecular weight excluding hydrogens is 343 g/mol. The van der Waals surface area contributed by atoms with E-state index in [4.69, 9.17) is 33.3 Å². The minimum absolute atomic E-state index is 0.269. The number of thiocarbonyl (C=S) groups is 1. The molecule has 2 rings (SSSR count). The van der Waals surface area contributed by atoms with Gasteiger partial charge in [0.15, 0.2) is 0 Å². The summed E-state index contributed by atoms with van der Waals surface area (Å²) in [4.78, 5) is 0.847. The van der Waals surface area contributed by atoms with Crippen molar-refractivity contribution in [2.75, 3.05) is 6.61 Å². The molecule has 2 aromatic rings. The molecule has 0 saturated heterocycles. The topological polar surface area (TPSA) is 18.5 Å².